The van der Waals surface area contributed by atoms with E-state index in [1.807, 2.05) is 11.2 Å². The molecule has 1 saturated heterocycles. The number of piperidine rings is 1. The maximum Gasteiger partial charge on any atom is 0.232 e. The van der Waals surface area contributed by atoms with Crippen molar-refractivity contribution in [1.29, 1.82) is 0 Å². The van der Waals surface area contributed by atoms with Crippen molar-refractivity contribution >= 4 is 17.7 Å². The predicted molar refractivity (Wildman–Crippen MR) is 61.4 cm³/mol. The van der Waals surface area contributed by atoms with Gasteiger partial charge in [-0.15, -0.1) is 0 Å². The second-order valence-electron chi connectivity index (χ2n) is 3.75. The van der Waals surface area contributed by atoms with Crippen molar-refractivity contribution in [1.82, 2.24) is 4.90 Å². The van der Waals surface area contributed by atoms with Crippen LogP contribution in [0.1, 0.15) is 25.7 Å². The quantitative estimate of drug-likeness (QED) is 0.765. The summed E-state index contributed by atoms with van der Waals surface area (Å²) >= 11 is 1.60. The van der Waals surface area contributed by atoms with Gasteiger partial charge in [0.15, 0.2) is 0 Å². The summed E-state index contributed by atoms with van der Waals surface area (Å²) in [5.41, 5.74) is 5.55. The van der Waals surface area contributed by atoms with Gasteiger partial charge < -0.3 is 10.6 Å². The lowest BCUT2D eigenvalue weighted by Crippen LogP contribution is -2.45. The maximum absolute atomic E-state index is 11.7. The summed E-state index contributed by atoms with van der Waals surface area (Å²) in [5, 5.41) is 0. The minimum Gasteiger partial charge on any atom is -0.339 e. The normalized spacial score (nSPS) is 22.4. The van der Waals surface area contributed by atoms with Gasteiger partial charge in [0, 0.05) is 12.6 Å². The molecule has 1 unspecified atom stereocenters. The first-order chi connectivity index (χ1) is 6.79. The Morgan fingerprint density at radius 2 is 2.36 bits per heavy atom. The monoisotopic (exact) mass is 216 g/mol. The Morgan fingerprint density at radius 1 is 1.57 bits per heavy atom. The van der Waals surface area contributed by atoms with Crippen molar-refractivity contribution in [3.63, 3.8) is 0 Å². The summed E-state index contributed by atoms with van der Waals surface area (Å²) in [6, 6.07) is 0.411. The number of nitrogens with zero attached hydrogens (tertiary/aromatic N) is 1. The van der Waals surface area contributed by atoms with Crippen molar-refractivity contribution in [2.24, 2.45) is 5.73 Å². The highest BCUT2D eigenvalue weighted by molar-refractivity contribution is 7.99. The van der Waals surface area contributed by atoms with Gasteiger partial charge >= 0.3 is 0 Å². The lowest BCUT2D eigenvalue weighted by Gasteiger charge is -2.35. The van der Waals surface area contributed by atoms with E-state index in [4.69, 9.17) is 5.73 Å². The highest BCUT2D eigenvalue weighted by atomic mass is 32.2. The molecule has 0 aromatic carbocycles. The van der Waals surface area contributed by atoms with Gasteiger partial charge in [0.1, 0.15) is 0 Å². The molecule has 82 valence electrons. The van der Waals surface area contributed by atoms with E-state index in [0.717, 1.165) is 25.8 Å². The topological polar surface area (TPSA) is 46.3 Å². The molecule has 1 amide bonds. The predicted octanol–water partition coefficient (Wildman–Crippen LogP) is 1.08. The van der Waals surface area contributed by atoms with Crippen LogP contribution < -0.4 is 5.73 Å². The van der Waals surface area contributed by atoms with E-state index in [2.05, 4.69) is 0 Å². The van der Waals surface area contributed by atoms with Crippen molar-refractivity contribution < 1.29 is 4.79 Å². The molecule has 1 aliphatic heterocycles. The van der Waals surface area contributed by atoms with E-state index in [-0.39, 0.29) is 5.91 Å². The van der Waals surface area contributed by atoms with Crippen LogP contribution in [-0.4, -0.2) is 41.9 Å². The van der Waals surface area contributed by atoms with Gasteiger partial charge in [-0.05, 0) is 38.5 Å². The molecule has 0 aromatic heterocycles. The second kappa shape index (κ2) is 6.30. The van der Waals surface area contributed by atoms with Gasteiger partial charge in [-0.1, -0.05) is 0 Å². The van der Waals surface area contributed by atoms with Crippen LogP contribution in [0.4, 0.5) is 0 Å². The smallest absolute Gasteiger partial charge is 0.232 e. The molecule has 2 N–H and O–H groups in total. The van der Waals surface area contributed by atoms with Crippen LogP contribution in [0.5, 0.6) is 0 Å². The zero-order chi connectivity index (χ0) is 10.4. The minimum atomic E-state index is 0.288. The van der Waals surface area contributed by atoms with Crippen LogP contribution in [0.2, 0.25) is 0 Å². The SMILES string of the molecule is CSCC(=O)N1CCCCC1CCN. The van der Waals surface area contributed by atoms with Gasteiger partial charge in [0.05, 0.1) is 5.75 Å². The Labute approximate surface area is 90.4 Å². The molecule has 1 rings (SSSR count). The maximum atomic E-state index is 11.7. The highest BCUT2D eigenvalue weighted by Crippen LogP contribution is 2.19. The van der Waals surface area contributed by atoms with Crippen LogP contribution in [0.3, 0.4) is 0 Å². The molecule has 1 aliphatic rings. The van der Waals surface area contributed by atoms with E-state index < -0.39 is 0 Å². The van der Waals surface area contributed by atoms with Gasteiger partial charge in [-0.25, -0.2) is 0 Å². The number of rotatable bonds is 4. The van der Waals surface area contributed by atoms with Gasteiger partial charge in [0.25, 0.3) is 0 Å². The number of amides is 1. The number of nitrogens with two attached hydrogens (primary N) is 1. The first-order valence-electron chi connectivity index (χ1n) is 5.28. The fourth-order valence-electron chi connectivity index (χ4n) is 2.03. The van der Waals surface area contributed by atoms with Crippen LogP contribution in [-0.2, 0) is 4.79 Å². The number of carbonyl (C=O) groups is 1. The summed E-state index contributed by atoms with van der Waals surface area (Å²) in [5.74, 6) is 0.900. The molecule has 4 heteroatoms. The fourth-order valence-corrected chi connectivity index (χ4v) is 2.44. The van der Waals surface area contributed by atoms with Crippen molar-refractivity contribution in [2.75, 3.05) is 25.1 Å². The molecule has 3 nitrogen and oxygen atoms in total. The Morgan fingerprint density at radius 3 is 3.00 bits per heavy atom. The lowest BCUT2D eigenvalue weighted by molar-refractivity contribution is -0.132. The molecule has 14 heavy (non-hydrogen) atoms. The van der Waals surface area contributed by atoms with E-state index in [0.29, 0.717) is 18.3 Å². The van der Waals surface area contributed by atoms with E-state index in [9.17, 15) is 4.79 Å². The molecule has 1 fully saturated rings. The van der Waals surface area contributed by atoms with Crippen LogP contribution in [0, 0.1) is 0 Å². The number of thioether (sulfide) groups is 1. The lowest BCUT2D eigenvalue weighted by atomic mass is 9.99. The molecule has 1 heterocycles. The van der Waals surface area contributed by atoms with Gasteiger partial charge in [0.2, 0.25) is 5.91 Å². The second-order valence-corrected chi connectivity index (χ2v) is 4.61. The molecule has 0 spiro atoms. The van der Waals surface area contributed by atoms with Crippen LogP contribution in [0.15, 0.2) is 0 Å². The summed E-state index contributed by atoms with van der Waals surface area (Å²) in [7, 11) is 0. The van der Waals surface area contributed by atoms with Gasteiger partial charge in [-0.2, -0.15) is 11.8 Å². The molecule has 1 atom stereocenters. The standard InChI is InChI=1S/C10H20N2OS/c1-14-8-10(13)12-7-3-2-4-9(12)5-6-11/h9H,2-8,11H2,1H3. The minimum absolute atomic E-state index is 0.288. The van der Waals surface area contributed by atoms with Gasteiger partial charge in [-0.3, -0.25) is 4.79 Å². The van der Waals surface area contributed by atoms with Crippen LogP contribution in [0.25, 0.3) is 0 Å². The molecular formula is C10H20N2OS. The number of hydrogen-bond acceptors (Lipinski definition) is 3. The van der Waals surface area contributed by atoms with Crippen molar-refractivity contribution in [2.45, 2.75) is 31.7 Å². The average molecular weight is 216 g/mol. The summed E-state index contributed by atoms with van der Waals surface area (Å²) in [6.07, 6.45) is 6.46. The number of carbonyl (C=O) groups excluding carboxylic acids is 1. The van der Waals surface area contributed by atoms with E-state index in [1.54, 1.807) is 11.8 Å². The number of likely N-dealkylation sites (tertiary alicyclic amines) is 1. The Kier molecular flexibility index (Phi) is 5.33. The molecule has 0 radical (unpaired) electrons. The molecule has 0 aromatic rings. The molecular weight excluding hydrogens is 196 g/mol. The van der Waals surface area contributed by atoms with E-state index in [1.165, 1.54) is 6.42 Å². The Balaban J connectivity index is 2.48. The largest absolute Gasteiger partial charge is 0.339 e. The molecule has 0 bridgehead atoms. The Bertz CT molecular complexity index is 185. The summed E-state index contributed by atoms with van der Waals surface area (Å²) in [6.45, 7) is 1.62. The first kappa shape index (κ1) is 11.9. The van der Waals surface area contributed by atoms with Crippen LogP contribution >= 0.6 is 11.8 Å². The first-order valence-corrected chi connectivity index (χ1v) is 6.67. The Hall–Kier alpha value is -0.220. The van der Waals surface area contributed by atoms with E-state index >= 15 is 0 Å². The van der Waals surface area contributed by atoms with Crippen molar-refractivity contribution in [3.8, 4) is 0 Å². The zero-order valence-corrected chi connectivity index (χ0v) is 9.68. The average Bonchev–Trinajstić information content (AvgIpc) is 2.19. The van der Waals surface area contributed by atoms with Crippen molar-refractivity contribution in [3.05, 3.63) is 0 Å². The third-order valence-electron chi connectivity index (χ3n) is 2.72. The number of hydrogen-bond donors (Lipinski definition) is 1. The third-order valence-corrected chi connectivity index (χ3v) is 3.25. The fraction of sp³-hybridized carbons (Fsp3) is 0.900. The zero-order valence-electron chi connectivity index (χ0n) is 8.87. The molecule has 0 aliphatic carbocycles. The summed E-state index contributed by atoms with van der Waals surface area (Å²) < 4.78 is 0. The third kappa shape index (κ3) is 3.17. The summed E-state index contributed by atoms with van der Waals surface area (Å²) in [4.78, 5) is 13.8. The highest BCUT2D eigenvalue weighted by Gasteiger charge is 2.25. The molecule has 0 saturated carbocycles.